The first-order valence-corrected chi connectivity index (χ1v) is 12.4. The Morgan fingerprint density at radius 2 is 1.43 bits per heavy atom. The largest absolute Gasteiger partial charge is 0.469 e. The van der Waals surface area contributed by atoms with Crippen molar-refractivity contribution in [2.75, 3.05) is 13.2 Å². The standard InChI is InChI=1S/C22H39O7P/c1-2-3-4-5-6-7-8-9-10-11-12-13-14-15-16-17-18-22(24)28-19-21(23)20-29-30(25,26)27/h3-4,6-7,9-10,21,23H,2,5,8,11-20H2,1H3,(H2,25,26,27)/b4-3-,7-6-,10-9-/t21-/m1/s1. The molecule has 0 aliphatic carbocycles. The number of aliphatic hydroxyl groups excluding tert-OH is 1. The molecule has 0 unspecified atom stereocenters. The van der Waals surface area contributed by atoms with Crippen LogP contribution in [0.1, 0.15) is 77.6 Å². The van der Waals surface area contributed by atoms with Crippen LogP contribution in [0.3, 0.4) is 0 Å². The van der Waals surface area contributed by atoms with Gasteiger partial charge in [-0.15, -0.1) is 0 Å². The molecule has 30 heavy (non-hydrogen) atoms. The maximum Gasteiger partial charge on any atom is 0.469 e. The Morgan fingerprint density at radius 3 is 2.07 bits per heavy atom. The first-order valence-electron chi connectivity index (χ1n) is 10.8. The quantitative estimate of drug-likeness (QED) is 0.111. The van der Waals surface area contributed by atoms with Crippen molar-refractivity contribution in [2.24, 2.45) is 0 Å². The fourth-order valence-corrected chi connectivity index (χ4v) is 2.92. The lowest BCUT2D eigenvalue weighted by atomic mass is 10.1. The highest BCUT2D eigenvalue weighted by Gasteiger charge is 2.17. The Kier molecular flexibility index (Phi) is 18.9. The number of phosphoric ester groups is 1. The van der Waals surface area contributed by atoms with E-state index in [1.165, 1.54) is 12.8 Å². The fraction of sp³-hybridized carbons (Fsp3) is 0.682. The number of carbonyl (C=O) groups excluding carboxylic acids is 1. The number of allylic oxidation sites excluding steroid dienone is 6. The number of esters is 1. The van der Waals surface area contributed by atoms with Gasteiger partial charge < -0.3 is 19.6 Å². The van der Waals surface area contributed by atoms with Crippen LogP contribution in [0.25, 0.3) is 0 Å². The van der Waals surface area contributed by atoms with Gasteiger partial charge in [-0.05, 0) is 38.5 Å². The van der Waals surface area contributed by atoms with Crippen LogP contribution in [0.5, 0.6) is 0 Å². The zero-order valence-electron chi connectivity index (χ0n) is 18.2. The van der Waals surface area contributed by atoms with E-state index in [0.29, 0.717) is 0 Å². The molecule has 0 heterocycles. The molecule has 0 spiro atoms. The van der Waals surface area contributed by atoms with Gasteiger partial charge in [0.15, 0.2) is 0 Å². The number of hydrogen-bond donors (Lipinski definition) is 3. The molecule has 0 rings (SSSR count). The average molecular weight is 447 g/mol. The number of hydrogen-bond acceptors (Lipinski definition) is 5. The summed E-state index contributed by atoms with van der Waals surface area (Å²) in [5.74, 6) is -0.425. The molecule has 0 aliphatic rings. The molecule has 0 aromatic carbocycles. The first kappa shape index (κ1) is 28.8. The lowest BCUT2D eigenvalue weighted by Gasteiger charge is -2.12. The number of rotatable bonds is 19. The number of phosphoric acid groups is 1. The number of carbonyl (C=O) groups is 1. The second kappa shape index (κ2) is 19.7. The third-order valence-electron chi connectivity index (χ3n) is 4.15. The van der Waals surface area contributed by atoms with E-state index < -0.39 is 26.5 Å². The molecule has 0 aliphatic heterocycles. The molecule has 174 valence electrons. The van der Waals surface area contributed by atoms with Gasteiger partial charge in [-0.2, -0.15) is 0 Å². The Labute approximate surface area is 181 Å². The molecular weight excluding hydrogens is 407 g/mol. The van der Waals surface area contributed by atoms with Gasteiger partial charge in [-0.1, -0.05) is 69.1 Å². The van der Waals surface area contributed by atoms with Crippen LogP contribution in [0.2, 0.25) is 0 Å². The summed E-state index contributed by atoms with van der Waals surface area (Å²) in [4.78, 5) is 28.6. The molecule has 0 saturated heterocycles. The maximum atomic E-state index is 11.6. The van der Waals surface area contributed by atoms with Crippen LogP contribution in [0, 0.1) is 0 Å². The van der Waals surface area contributed by atoms with E-state index in [1.54, 1.807) is 0 Å². The van der Waals surface area contributed by atoms with Crippen molar-refractivity contribution in [2.45, 2.75) is 83.7 Å². The third kappa shape index (κ3) is 23.0. The van der Waals surface area contributed by atoms with Crippen molar-refractivity contribution in [3.05, 3.63) is 36.5 Å². The van der Waals surface area contributed by atoms with Gasteiger partial charge in [0.1, 0.15) is 12.7 Å². The minimum atomic E-state index is -4.62. The molecule has 8 heteroatoms. The Morgan fingerprint density at radius 1 is 0.867 bits per heavy atom. The van der Waals surface area contributed by atoms with Crippen LogP contribution in [0.15, 0.2) is 36.5 Å². The van der Waals surface area contributed by atoms with Crippen LogP contribution in [0.4, 0.5) is 0 Å². The second-order valence-corrected chi connectivity index (χ2v) is 8.32. The summed E-state index contributed by atoms with van der Waals surface area (Å²) in [5.41, 5.74) is 0. The van der Waals surface area contributed by atoms with Gasteiger partial charge in [-0.3, -0.25) is 9.32 Å². The smallest absolute Gasteiger partial charge is 0.463 e. The zero-order chi connectivity index (χ0) is 22.5. The highest BCUT2D eigenvalue weighted by atomic mass is 31.2. The summed E-state index contributed by atoms with van der Waals surface area (Å²) in [6.45, 7) is 1.22. The van der Waals surface area contributed by atoms with E-state index in [2.05, 4.69) is 47.9 Å². The number of unbranched alkanes of at least 4 members (excludes halogenated alkanes) is 6. The molecule has 1 atom stereocenters. The summed E-state index contributed by atoms with van der Waals surface area (Å²) < 4.78 is 19.5. The van der Waals surface area contributed by atoms with Crippen molar-refractivity contribution in [3.8, 4) is 0 Å². The van der Waals surface area contributed by atoms with E-state index in [-0.39, 0.29) is 13.0 Å². The molecule has 0 fully saturated rings. The summed E-state index contributed by atoms with van der Waals surface area (Å²) in [6, 6.07) is 0. The van der Waals surface area contributed by atoms with E-state index in [9.17, 15) is 14.5 Å². The van der Waals surface area contributed by atoms with E-state index in [4.69, 9.17) is 14.5 Å². The lowest BCUT2D eigenvalue weighted by Crippen LogP contribution is -2.23. The predicted molar refractivity (Wildman–Crippen MR) is 119 cm³/mol. The van der Waals surface area contributed by atoms with Crippen LogP contribution in [-0.2, 0) is 18.6 Å². The van der Waals surface area contributed by atoms with Gasteiger partial charge in [0, 0.05) is 6.42 Å². The molecular formula is C22H39O7P. The van der Waals surface area contributed by atoms with Crippen molar-refractivity contribution >= 4 is 13.8 Å². The Hall–Kier alpha value is -1.24. The summed E-state index contributed by atoms with van der Waals surface area (Å²) >= 11 is 0. The summed E-state index contributed by atoms with van der Waals surface area (Å²) in [6.07, 6.45) is 22.7. The van der Waals surface area contributed by atoms with Gasteiger partial charge in [0.05, 0.1) is 6.61 Å². The first-order chi connectivity index (χ1) is 14.3. The van der Waals surface area contributed by atoms with E-state index >= 15 is 0 Å². The van der Waals surface area contributed by atoms with Crippen molar-refractivity contribution in [3.63, 3.8) is 0 Å². The monoisotopic (exact) mass is 446 g/mol. The third-order valence-corrected chi connectivity index (χ3v) is 4.64. The molecule has 0 bridgehead atoms. The normalized spacial score (nSPS) is 13.6. The van der Waals surface area contributed by atoms with Crippen LogP contribution in [-0.4, -0.2) is 40.2 Å². The molecule has 7 nitrogen and oxygen atoms in total. The van der Waals surface area contributed by atoms with E-state index in [0.717, 1.165) is 51.4 Å². The zero-order valence-corrected chi connectivity index (χ0v) is 19.1. The second-order valence-electron chi connectivity index (χ2n) is 7.08. The summed E-state index contributed by atoms with van der Waals surface area (Å²) in [7, 11) is -4.62. The van der Waals surface area contributed by atoms with Crippen molar-refractivity contribution in [1.29, 1.82) is 0 Å². The van der Waals surface area contributed by atoms with Gasteiger partial charge in [0.25, 0.3) is 0 Å². The van der Waals surface area contributed by atoms with Crippen molar-refractivity contribution in [1.82, 2.24) is 0 Å². The number of ether oxygens (including phenoxy) is 1. The highest BCUT2D eigenvalue weighted by molar-refractivity contribution is 7.46. The lowest BCUT2D eigenvalue weighted by molar-refractivity contribution is -0.147. The predicted octanol–water partition coefficient (Wildman–Crippen LogP) is 4.98. The van der Waals surface area contributed by atoms with Gasteiger partial charge in [-0.25, -0.2) is 4.57 Å². The van der Waals surface area contributed by atoms with Gasteiger partial charge in [0.2, 0.25) is 0 Å². The fourth-order valence-electron chi connectivity index (χ4n) is 2.56. The molecule has 0 amide bonds. The Balaban J connectivity index is 3.44. The molecule has 0 aromatic rings. The van der Waals surface area contributed by atoms with Crippen LogP contribution >= 0.6 is 7.82 Å². The summed E-state index contributed by atoms with van der Waals surface area (Å²) in [5, 5.41) is 9.42. The average Bonchev–Trinajstić information content (AvgIpc) is 2.69. The Bertz CT molecular complexity index is 552. The minimum Gasteiger partial charge on any atom is -0.463 e. The highest BCUT2D eigenvalue weighted by Crippen LogP contribution is 2.35. The maximum absolute atomic E-state index is 11.6. The molecule has 0 radical (unpaired) electrons. The SMILES string of the molecule is CC/C=C\C/C=C\C/C=C\CCCCCCCCC(=O)OC[C@@H](O)COP(=O)(O)O. The van der Waals surface area contributed by atoms with Crippen LogP contribution < -0.4 is 0 Å². The minimum absolute atomic E-state index is 0.274. The molecule has 3 N–H and O–H groups in total. The molecule has 0 saturated carbocycles. The van der Waals surface area contributed by atoms with E-state index in [1.807, 2.05) is 0 Å². The molecule has 0 aromatic heterocycles. The van der Waals surface area contributed by atoms with Crippen molar-refractivity contribution < 1.29 is 33.5 Å². The topological polar surface area (TPSA) is 113 Å². The number of aliphatic hydroxyl groups is 1. The van der Waals surface area contributed by atoms with Gasteiger partial charge >= 0.3 is 13.8 Å².